The number of hydrogen-bond acceptors (Lipinski definition) is 3. The maximum atomic E-state index is 11.6. The Bertz CT molecular complexity index is 527. The number of ether oxygens (including phenoxy) is 1. The summed E-state index contributed by atoms with van der Waals surface area (Å²) in [5.74, 6) is 0. The van der Waals surface area contributed by atoms with Crippen molar-refractivity contribution in [1.29, 1.82) is 0 Å². The molecule has 1 aromatic heterocycles. The Balaban J connectivity index is 2.63. The number of thiazole rings is 1. The van der Waals surface area contributed by atoms with Gasteiger partial charge in [0.1, 0.15) is 6.73 Å². The van der Waals surface area contributed by atoms with Crippen LogP contribution in [0.4, 0.5) is 0 Å². The van der Waals surface area contributed by atoms with Crippen molar-refractivity contribution in [3.8, 4) is 0 Å². The summed E-state index contributed by atoms with van der Waals surface area (Å²) in [6, 6.07) is 6.12. The lowest BCUT2D eigenvalue weighted by Crippen LogP contribution is -2.13. The zero-order chi connectivity index (χ0) is 10.8. The molecule has 0 bridgehead atoms. The fraction of sp³-hybridized carbons (Fsp3) is 0.364. The molecule has 0 aliphatic heterocycles. The Morgan fingerprint density at radius 1 is 1.47 bits per heavy atom. The second-order valence-corrected chi connectivity index (χ2v) is 4.36. The minimum absolute atomic E-state index is 0.0418. The van der Waals surface area contributed by atoms with E-state index in [1.807, 2.05) is 6.07 Å². The molecule has 2 aromatic rings. The summed E-state index contributed by atoms with van der Waals surface area (Å²) in [7, 11) is 1.59. The van der Waals surface area contributed by atoms with E-state index in [-0.39, 0.29) is 4.87 Å². The van der Waals surface area contributed by atoms with E-state index >= 15 is 0 Å². The first-order chi connectivity index (χ1) is 7.26. The van der Waals surface area contributed by atoms with E-state index in [9.17, 15) is 4.79 Å². The SMILES string of the molecule is CCc1ccc2c(c1)sc(=O)n2COC. The van der Waals surface area contributed by atoms with Crippen LogP contribution in [0, 0.1) is 0 Å². The fourth-order valence-electron chi connectivity index (χ4n) is 1.58. The summed E-state index contributed by atoms with van der Waals surface area (Å²) >= 11 is 1.28. The molecule has 0 spiro atoms. The Labute approximate surface area is 91.9 Å². The highest BCUT2D eigenvalue weighted by Crippen LogP contribution is 2.19. The third-order valence-electron chi connectivity index (χ3n) is 2.40. The third-order valence-corrected chi connectivity index (χ3v) is 3.34. The van der Waals surface area contributed by atoms with E-state index in [1.54, 1.807) is 11.7 Å². The van der Waals surface area contributed by atoms with E-state index in [4.69, 9.17) is 4.74 Å². The van der Waals surface area contributed by atoms with Crippen molar-refractivity contribution in [1.82, 2.24) is 4.57 Å². The van der Waals surface area contributed by atoms with Gasteiger partial charge in [0.05, 0.1) is 10.2 Å². The van der Waals surface area contributed by atoms with E-state index in [2.05, 4.69) is 19.1 Å². The van der Waals surface area contributed by atoms with Gasteiger partial charge in [-0.3, -0.25) is 9.36 Å². The van der Waals surface area contributed by atoms with Crippen molar-refractivity contribution < 1.29 is 4.74 Å². The van der Waals surface area contributed by atoms with Crippen molar-refractivity contribution in [2.45, 2.75) is 20.1 Å². The van der Waals surface area contributed by atoms with Crippen molar-refractivity contribution in [2.24, 2.45) is 0 Å². The van der Waals surface area contributed by atoms with Crippen LogP contribution in [-0.4, -0.2) is 11.7 Å². The molecule has 0 aliphatic rings. The number of methoxy groups -OCH3 is 1. The van der Waals surface area contributed by atoms with Gasteiger partial charge in [-0.1, -0.05) is 24.3 Å². The maximum absolute atomic E-state index is 11.6. The number of aryl methyl sites for hydroxylation is 1. The summed E-state index contributed by atoms with van der Waals surface area (Å²) in [4.78, 5) is 11.7. The van der Waals surface area contributed by atoms with Gasteiger partial charge in [0.15, 0.2) is 0 Å². The van der Waals surface area contributed by atoms with E-state index in [0.717, 1.165) is 16.6 Å². The van der Waals surface area contributed by atoms with Gasteiger partial charge in [0.25, 0.3) is 0 Å². The highest BCUT2D eigenvalue weighted by Gasteiger charge is 2.06. The predicted molar refractivity (Wildman–Crippen MR) is 62.5 cm³/mol. The number of benzene rings is 1. The molecule has 0 aliphatic carbocycles. The van der Waals surface area contributed by atoms with Gasteiger partial charge >= 0.3 is 4.87 Å². The molecule has 0 saturated carbocycles. The molecule has 0 atom stereocenters. The van der Waals surface area contributed by atoms with Crippen LogP contribution < -0.4 is 4.87 Å². The quantitative estimate of drug-likeness (QED) is 0.799. The van der Waals surface area contributed by atoms with Crippen molar-refractivity contribution in [3.05, 3.63) is 33.4 Å². The normalized spacial score (nSPS) is 11.1. The van der Waals surface area contributed by atoms with Gasteiger partial charge < -0.3 is 4.74 Å². The minimum Gasteiger partial charge on any atom is -0.364 e. The van der Waals surface area contributed by atoms with Gasteiger partial charge in [0.2, 0.25) is 0 Å². The topological polar surface area (TPSA) is 31.2 Å². The Hall–Kier alpha value is -1.13. The molecule has 0 amide bonds. The predicted octanol–water partition coefficient (Wildman–Crippen LogP) is 2.23. The zero-order valence-corrected chi connectivity index (χ0v) is 9.63. The highest BCUT2D eigenvalue weighted by molar-refractivity contribution is 7.16. The zero-order valence-electron chi connectivity index (χ0n) is 8.82. The monoisotopic (exact) mass is 223 g/mol. The van der Waals surface area contributed by atoms with Crippen LogP contribution in [0.1, 0.15) is 12.5 Å². The smallest absolute Gasteiger partial charge is 0.310 e. The second-order valence-electron chi connectivity index (χ2n) is 3.37. The molecule has 0 saturated heterocycles. The molecular formula is C11H13NO2S. The standard InChI is InChI=1S/C11H13NO2S/c1-3-8-4-5-9-10(6-8)15-11(13)12(9)7-14-2/h4-6H,3,7H2,1-2H3. The Kier molecular flexibility index (Phi) is 2.88. The van der Waals surface area contributed by atoms with Crippen molar-refractivity contribution >= 4 is 21.6 Å². The third kappa shape index (κ3) is 1.82. The molecular weight excluding hydrogens is 210 g/mol. The average Bonchev–Trinajstić information content (AvgIpc) is 2.55. The van der Waals surface area contributed by atoms with Crippen LogP contribution in [-0.2, 0) is 17.9 Å². The molecule has 0 unspecified atom stereocenters. The van der Waals surface area contributed by atoms with Gasteiger partial charge in [-0.25, -0.2) is 0 Å². The van der Waals surface area contributed by atoms with Gasteiger partial charge in [-0.2, -0.15) is 0 Å². The lowest BCUT2D eigenvalue weighted by Gasteiger charge is -2.01. The molecule has 0 fully saturated rings. The lowest BCUT2D eigenvalue weighted by atomic mass is 10.2. The highest BCUT2D eigenvalue weighted by atomic mass is 32.1. The summed E-state index contributed by atoms with van der Waals surface area (Å²) in [6.07, 6.45) is 0.992. The largest absolute Gasteiger partial charge is 0.364 e. The molecule has 3 nitrogen and oxygen atoms in total. The molecule has 1 heterocycles. The summed E-state index contributed by atoms with van der Waals surface area (Å²) < 4.78 is 7.69. The van der Waals surface area contributed by atoms with Crippen LogP contribution in [0.2, 0.25) is 0 Å². The molecule has 0 N–H and O–H groups in total. The van der Waals surface area contributed by atoms with Crippen LogP contribution >= 0.6 is 11.3 Å². The lowest BCUT2D eigenvalue weighted by molar-refractivity contribution is 0.133. The maximum Gasteiger partial charge on any atom is 0.310 e. The first kappa shape index (κ1) is 10.4. The molecule has 1 aromatic carbocycles. The molecule has 0 radical (unpaired) electrons. The van der Waals surface area contributed by atoms with Crippen molar-refractivity contribution in [3.63, 3.8) is 0 Å². The first-order valence-corrected chi connectivity index (χ1v) is 5.69. The summed E-state index contributed by atoms with van der Waals surface area (Å²) in [5.41, 5.74) is 2.22. The van der Waals surface area contributed by atoms with E-state index < -0.39 is 0 Å². The molecule has 15 heavy (non-hydrogen) atoms. The number of aromatic nitrogens is 1. The Morgan fingerprint density at radius 3 is 2.93 bits per heavy atom. The van der Waals surface area contributed by atoms with Crippen LogP contribution in [0.15, 0.2) is 23.0 Å². The van der Waals surface area contributed by atoms with Crippen LogP contribution in [0.3, 0.4) is 0 Å². The fourth-order valence-corrected chi connectivity index (χ4v) is 2.52. The summed E-state index contributed by atoms with van der Waals surface area (Å²) in [6.45, 7) is 2.43. The summed E-state index contributed by atoms with van der Waals surface area (Å²) in [5, 5.41) is 0. The van der Waals surface area contributed by atoms with Gasteiger partial charge in [0, 0.05) is 7.11 Å². The van der Waals surface area contributed by atoms with E-state index in [1.165, 1.54) is 16.9 Å². The molecule has 4 heteroatoms. The van der Waals surface area contributed by atoms with Gasteiger partial charge in [-0.05, 0) is 24.1 Å². The Morgan fingerprint density at radius 2 is 2.27 bits per heavy atom. The van der Waals surface area contributed by atoms with Crippen molar-refractivity contribution in [2.75, 3.05) is 7.11 Å². The first-order valence-electron chi connectivity index (χ1n) is 4.87. The second kappa shape index (κ2) is 4.16. The van der Waals surface area contributed by atoms with Crippen LogP contribution in [0.25, 0.3) is 10.2 Å². The van der Waals surface area contributed by atoms with Gasteiger partial charge in [-0.15, -0.1) is 0 Å². The molecule has 80 valence electrons. The number of fused-ring (bicyclic) bond motifs is 1. The number of rotatable bonds is 3. The molecule has 2 rings (SSSR count). The average molecular weight is 223 g/mol. The van der Waals surface area contributed by atoms with E-state index in [0.29, 0.717) is 6.73 Å². The minimum atomic E-state index is 0.0418. The number of hydrogen-bond donors (Lipinski definition) is 0. The van der Waals surface area contributed by atoms with Crippen LogP contribution in [0.5, 0.6) is 0 Å². The number of nitrogens with zero attached hydrogens (tertiary/aromatic N) is 1.